The number of aromatic nitrogens is 2. The van der Waals surface area contributed by atoms with Gasteiger partial charge in [-0.1, -0.05) is 47.6 Å². The molecule has 4 heteroatoms. The van der Waals surface area contributed by atoms with Gasteiger partial charge in [0.25, 0.3) is 0 Å². The Kier molecular flexibility index (Phi) is 2.89. The summed E-state index contributed by atoms with van der Waals surface area (Å²) < 4.78 is 5.66. The summed E-state index contributed by atoms with van der Waals surface area (Å²) in [6.45, 7) is 0. The van der Waals surface area contributed by atoms with Crippen LogP contribution in [-0.4, -0.2) is 16.4 Å². The first-order chi connectivity index (χ1) is 10.4. The van der Waals surface area contributed by atoms with Crippen molar-refractivity contribution in [1.29, 1.82) is 0 Å². The third kappa shape index (κ3) is 1.91. The number of benzene rings is 2. The van der Waals surface area contributed by atoms with Crippen molar-refractivity contribution in [1.82, 2.24) is 10.1 Å². The van der Waals surface area contributed by atoms with E-state index in [1.807, 2.05) is 60.9 Å². The standard InChI is InChI=1S/C17H12N2OS/c1-21-17-14-15(11-7-3-2-4-8-11)19-20-16(14)12-9-5-6-10-13(12)18-17/h2-10H,1H3. The molecule has 0 bridgehead atoms. The summed E-state index contributed by atoms with van der Waals surface area (Å²) in [5, 5.41) is 7.24. The molecule has 0 aliphatic heterocycles. The lowest BCUT2D eigenvalue weighted by atomic mass is 10.1. The summed E-state index contributed by atoms with van der Waals surface area (Å²) in [5.41, 5.74) is 3.64. The summed E-state index contributed by atoms with van der Waals surface area (Å²) in [4.78, 5) is 4.74. The Balaban J connectivity index is 2.14. The van der Waals surface area contributed by atoms with Gasteiger partial charge in [-0.05, 0) is 18.4 Å². The van der Waals surface area contributed by atoms with E-state index in [1.54, 1.807) is 11.8 Å². The van der Waals surface area contributed by atoms with Crippen LogP contribution in [0.3, 0.4) is 0 Å². The molecule has 0 fully saturated rings. The van der Waals surface area contributed by atoms with Crippen LogP contribution in [0.5, 0.6) is 0 Å². The molecule has 0 spiro atoms. The minimum Gasteiger partial charge on any atom is -0.355 e. The van der Waals surface area contributed by atoms with Crippen molar-refractivity contribution in [3.63, 3.8) is 0 Å². The lowest BCUT2D eigenvalue weighted by molar-refractivity contribution is 0.461. The van der Waals surface area contributed by atoms with Crippen molar-refractivity contribution in [3.05, 3.63) is 54.6 Å². The van der Waals surface area contributed by atoms with Gasteiger partial charge in [-0.2, -0.15) is 0 Å². The van der Waals surface area contributed by atoms with E-state index in [0.717, 1.165) is 38.2 Å². The van der Waals surface area contributed by atoms with E-state index in [4.69, 9.17) is 9.51 Å². The fourth-order valence-corrected chi connectivity index (χ4v) is 3.12. The molecule has 0 aliphatic rings. The summed E-state index contributed by atoms with van der Waals surface area (Å²) in [7, 11) is 0. The minimum atomic E-state index is 0.809. The van der Waals surface area contributed by atoms with Crippen LogP contribution in [0.2, 0.25) is 0 Å². The largest absolute Gasteiger partial charge is 0.355 e. The van der Waals surface area contributed by atoms with Gasteiger partial charge in [0.2, 0.25) is 0 Å². The highest BCUT2D eigenvalue weighted by Crippen LogP contribution is 2.37. The Hall–Kier alpha value is -2.33. The zero-order valence-corrected chi connectivity index (χ0v) is 12.2. The molecule has 0 radical (unpaired) electrons. The van der Waals surface area contributed by atoms with Gasteiger partial charge in [0, 0.05) is 10.9 Å². The fraction of sp³-hybridized carbons (Fsp3) is 0.0588. The number of para-hydroxylation sites is 1. The first-order valence-corrected chi connectivity index (χ1v) is 7.88. The molecule has 0 unspecified atom stereocenters. The SMILES string of the molecule is CSc1nc2ccccc2c2onc(-c3ccccc3)c12. The second-order valence-electron chi connectivity index (χ2n) is 4.74. The molecule has 21 heavy (non-hydrogen) atoms. The molecule has 102 valence electrons. The summed E-state index contributed by atoms with van der Waals surface area (Å²) in [6.07, 6.45) is 2.03. The maximum atomic E-state index is 5.66. The van der Waals surface area contributed by atoms with Gasteiger partial charge in [0.15, 0.2) is 5.58 Å². The normalized spacial score (nSPS) is 11.3. The monoisotopic (exact) mass is 292 g/mol. The van der Waals surface area contributed by atoms with Crippen LogP contribution >= 0.6 is 11.8 Å². The van der Waals surface area contributed by atoms with E-state index in [0.29, 0.717) is 0 Å². The average molecular weight is 292 g/mol. The van der Waals surface area contributed by atoms with Gasteiger partial charge in [-0.3, -0.25) is 0 Å². The molecule has 0 amide bonds. The molecule has 0 saturated heterocycles. The van der Waals surface area contributed by atoms with Gasteiger partial charge in [0.1, 0.15) is 10.7 Å². The van der Waals surface area contributed by atoms with Crippen LogP contribution in [0.1, 0.15) is 0 Å². The smallest absolute Gasteiger partial charge is 0.179 e. The molecule has 0 saturated carbocycles. The minimum absolute atomic E-state index is 0.809. The van der Waals surface area contributed by atoms with Gasteiger partial charge >= 0.3 is 0 Å². The summed E-state index contributed by atoms with van der Waals surface area (Å²) in [5.74, 6) is 0. The van der Waals surface area contributed by atoms with E-state index >= 15 is 0 Å². The molecule has 4 rings (SSSR count). The molecule has 0 aliphatic carbocycles. The lowest BCUT2D eigenvalue weighted by Gasteiger charge is -2.03. The number of thioether (sulfide) groups is 1. The Bertz CT molecular complexity index is 931. The van der Waals surface area contributed by atoms with Crippen molar-refractivity contribution in [2.45, 2.75) is 5.03 Å². The topological polar surface area (TPSA) is 38.9 Å². The predicted molar refractivity (Wildman–Crippen MR) is 86.5 cm³/mol. The fourth-order valence-electron chi connectivity index (χ4n) is 2.54. The quantitative estimate of drug-likeness (QED) is 0.499. The summed E-state index contributed by atoms with van der Waals surface area (Å²) in [6, 6.07) is 18.1. The second kappa shape index (κ2) is 4.90. The molecule has 2 heterocycles. The predicted octanol–water partition coefficient (Wildman–Crippen LogP) is 4.76. The maximum absolute atomic E-state index is 5.66. The van der Waals surface area contributed by atoms with Crippen LogP contribution in [0.25, 0.3) is 33.1 Å². The third-order valence-electron chi connectivity index (χ3n) is 3.52. The highest BCUT2D eigenvalue weighted by atomic mass is 32.2. The van der Waals surface area contributed by atoms with E-state index in [9.17, 15) is 0 Å². The molecule has 0 atom stereocenters. The van der Waals surface area contributed by atoms with Crippen LogP contribution < -0.4 is 0 Å². The van der Waals surface area contributed by atoms with Crippen molar-refractivity contribution < 1.29 is 4.52 Å². The van der Waals surface area contributed by atoms with Gasteiger partial charge in [-0.25, -0.2) is 4.98 Å². The van der Waals surface area contributed by atoms with Crippen molar-refractivity contribution in [2.75, 3.05) is 6.26 Å². The van der Waals surface area contributed by atoms with E-state index in [2.05, 4.69) is 5.16 Å². The van der Waals surface area contributed by atoms with Crippen LogP contribution in [-0.2, 0) is 0 Å². The third-order valence-corrected chi connectivity index (χ3v) is 4.20. The number of hydrogen-bond acceptors (Lipinski definition) is 4. The van der Waals surface area contributed by atoms with E-state index in [1.165, 1.54) is 0 Å². The van der Waals surface area contributed by atoms with Gasteiger partial charge < -0.3 is 4.52 Å². The number of hydrogen-bond donors (Lipinski definition) is 0. The summed E-state index contributed by atoms with van der Waals surface area (Å²) >= 11 is 1.62. The number of rotatable bonds is 2. The number of nitrogens with zero attached hydrogens (tertiary/aromatic N) is 2. The van der Waals surface area contributed by atoms with E-state index in [-0.39, 0.29) is 0 Å². The maximum Gasteiger partial charge on any atom is 0.179 e. The Morgan fingerprint density at radius 1 is 0.952 bits per heavy atom. The molecule has 2 aromatic carbocycles. The molecular formula is C17H12N2OS. The lowest BCUT2D eigenvalue weighted by Crippen LogP contribution is -1.86. The molecule has 2 aromatic heterocycles. The van der Waals surface area contributed by atoms with Crippen molar-refractivity contribution >= 4 is 33.6 Å². The number of fused-ring (bicyclic) bond motifs is 3. The van der Waals surface area contributed by atoms with Crippen LogP contribution in [0.15, 0.2) is 64.1 Å². The Morgan fingerprint density at radius 2 is 1.71 bits per heavy atom. The first-order valence-electron chi connectivity index (χ1n) is 6.66. The molecule has 0 N–H and O–H groups in total. The van der Waals surface area contributed by atoms with Gasteiger partial charge in [0.05, 0.1) is 10.9 Å². The zero-order valence-electron chi connectivity index (χ0n) is 11.4. The molecular weight excluding hydrogens is 280 g/mol. The van der Waals surface area contributed by atoms with Crippen LogP contribution in [0, 0.1) is 0 Å². The first kappa shape index (κ1) is 12.4. The molecule has 3 nitrogen and oxygen atoms in total. The van der Waals surface area contributed by atoms with E-state index < -0.39 is 0 Å². The Morgan fingerprint density at radius 3 is 2.52 bits per heavy atom. The highest BCUT2D eigenvalue weighted by Gasteiger charge is 2.18. The average Bonchev–Trinajstić information content (AvgIpc) is 3.00. The number of pyridine rings is 1. The van der Waals surface area contributed by atoms with Gasteiger partial charge in [-0.15, -0.1) is 11.8 Å². The van der Waals surface area contributed by atoms with Crippen molar-refractivity contribution in [2.24, 2.45) is 0 Å². The highest BCUT2D eigenvalue weighted by molar-refractivity contribution is 7.98. The Labute approximate surface area is 126 Å². The second-order valence-corrected chi connectivity index (χ2v) is 5.53. The molecule has 4 aromatic rings. The van der Waals surface area contributed by atoms with Crippen LogP contribution in [0.4, 0.5) is 0 Å². The zero-order chi connectivity index (χ0) is 14.2. The van der Waals surface area contributed by atoms with Crippen molar-refractivity contribution in [3.8, 4) is 11.3 Å².